The van der Waals surface area contributed by atoms with Crippen molar-refractivity contribution < 1.29 is 0 Å². The molecule has 3 aromatic rings. The first-order chi connectivity index (χ1) is 10.1. The highest BCUT2D eigenvalue weighted by molar-refractivity contribution is 9.10. The molecule has 0 spiro atoms. The first kappa shape index (κ1) is 14.3. The Balaban J connectivity index is 2.01. The summed E-state index contributed by atoms with van der Waals surface area (Å²) in [5.74, 6) is 0.657. The van der Waals surface area contributed by atoms with Gasteiger partial charge >= 0.3 is 0 Å². The monoisotopic (exact) mass is 379 g/mol. The normalized spacial score (nSPS) is 11.3. The van der Waals surface area contributed by atoms with E-state index in [9.17, 15) is 0 Å². The summed E-state index contributed by atoms with van der Waals surface area (Å²) < 4.78 is 3.00. The predicted octanol–water partition coefficient (Wildman–Crippen LogP) is 4.02. The average Bonchev–Trinajstić information content (AvgIpc) is 3.03. The molecule has 8 heteroatoms. The van der Waals surface area contributed by atoms with Crippen LogP contribution < -0.4 is 0 Å². The van der Waals surface area contributed by atoms with E-state index in [1.54, 1.807) is 22.2 Å². The lowest BCUT2D eigenvalue weighted by molar-refractivity contribution is 0.870. The summed E-state index contributed by atoms with van der Waals surface area (Å²) in [4.78, 5) is 4.34. The van der Waals surface area contributed by atoms with E-state index in [4.69, 9.17) is 12.2 Å². The van der Waals surface area contributed by atoms with E-state index in [2.05, 4.69) is 36.2 Å². The molecular weight excluding hydrogens is 370 g/mol. The van der Waals surface area contributed by atoms with E-state index >= 15 is 0 Å². The van der Waals surface area contributed by atoms with Crippen molar-refractivity contribution in [1.82, 2.24) is 19.9 Å². The number of aromatic amines is 1. The topological polar surface area (TPSA) is 58.9 Å². The summed E-state index contributed by atoms with van der Waals surface area (Å²) in [6.45, 7) is 1.96. The first-order valence-electron chi connectivity index (χ1n) is 6.03. The second kappa shape index (κ2) is 6.00. The molecule has 106 valence electrons. The second-order valence-corrected chi connectivity index (χ2v) is 6.58. The zero-order valence-electron chi connectivity index (χ0n) is 10.9. The van der Waals surface area contributed by atoms with Gasteiger partial charge in [0.1, 0.15) is 0 Å². The molecule has 21 heavy (non-hydrogen) atoms. The van der Waals surface area contributed by atoms with Crippen molar-refractivity contribution in [2.75, 3.05) is 0 Å². The summed E-state index contributed by atoms with van der Waals surface area (Å²) in [6, 6.07) is 7.81. The van der Waals surface area contributed by atoms with Crippen LogP contribution in [0.4, 0.5) is 0 Å². The van der Waals surface area contributed by atoms with Crippen LogP contribution in [-0.2, 0) is 0 Å². The van der Waals surface area contributed by atoms with Crippen molar-refractivity contribution in [3.8, 4) is 11.4 Å². The summed E-state index contributed by atoms with van der Waals surface area (Å²) >= 11 is 10.3. The standard InChI is InChI=1S/C13H10BrN5S2/c1-8-16-11(7-21-8)6-15-19-12(17-18-13(19)20)9-3-2-4-10(14)5-9/h2-7H,1H3,(H,18,20)/b15-6-. The molecule has 0 aliphatic rings. The molecule has 3 rings (SSSR count). The lowest BCUT2D eigenvalue weighted by Gasteiger charge is -2.01. The van der Waals surface area contributed by atoms with Crippen LogP contribution in [0.15, 0.2) is 39.2 Å². The van der Waals surface area contributed by atoms with Crippen molar-refractivity contribution in [1.29, 1.82) is 0 Å². The summed E-state index contributed by atoms with van der Waals surface area (Å²) in [5.41, 5.74) is 1.73. The number of rotatable bonds is 3. The van der Waals surface area contributed by atoms with Gasteiger partial charge in [0.2, 0.25) is 4.77 Å². The van der Waals surface area contributed by atoms with Crippen LogP contribution in [0.25, 0.3) is 11.4 Å². The van der Waals surface area contributed by atoms with Crippen LogP contribution in [0.2, 0.25) is 0 Å². The summed E-state index contributed by atoms with van der Waals surface area (Å²) in [6.07, 6.45) is 1.68. The van der Waals surface area contributed by atoms with Gasteiger partial charge in [-0.2, -0.15) is 14.9 Å². The quantitative estimate of drug-likeness (QED) is 0.552. The molecule has 0 unspecified atom stereocenters. The molecule has 1 aromatic carbocycles. The molecule has 2 heterocycles. The minimum absolute atomic E-state index is 0.438. The molecule has 2 aromatic heterocycles. The molecule has 0 aliphatic heterocycles. The minimum atomic E-state index is 0.438. The minimum Gasteiger partial charge on any atom is -0.250 e. The van der Waals surface area contributed by atoms with E-state index in [0.29, 0.717) is 10.6 Å². The van der Waals surface area contributed by atoms with Crippen LogP contribution in [0.3, 0.4) is 0 Å². The molecule has 0 amide bonds. The fourth-order valence-electron chi connectivity index (χ4n) is 1.77. The Morgan fingerprint density at radius 2 is 2.33 bits per heavy atom. The summed E-state index contributed by atoms with van der Waals surface area (Å²) in [5, 5.41) is 14.3. The number of halogens is 1. The Morgan fingerprint density at radius 1 is 1.48 bits per heavy atom. The number of benzene rings is 1. The second-order valence-electron chi connectivity index (χ2n) is 4.21. The Morgan fingerprint density at radius 3 is 3.05 bits per heavy atom. The van der Waals surface area contributed by atoms with Crippen molar-refractivity contribution >= 4 is 45.7 Å². The first-order valence-corrected chi connectivity index (χ1v) is 8.11. The van der Waals surface area contributed by atoms with Crippen LogP contribution >= 0.6 is 39.5 Å². The van der Waals surface area contributed by atoms with Gasteiger partial charge in [0, 0.05) is 15.4 Å². The van der Waals surface area contributed by atoms with Crippen molar-refractivity contribution in [3.05, 3.63) is 49.6 Å². The molecule has 0 bridgehead atoms. The maximum Gasteiger partial charge on any atom is 0.216 e. The SMILES string of the molecule is Cc1nc(/C=N\n2c(-c3cccc(Br)c3)n[nH]c2=S)cs1. The van der Waals surface area contributed by atoms with Crippen molar-refractivity contribution in [2.45, 2.75) is 6.92 Å². The van der Waals surface area contributed by atoms with Gasteiger partial charge in [0.05, 0.1) is 16.9 Å². The number of thiazole rings is 1. The maximum atomic E-state index is 5.23. The number of H-pyrrole nitrogens is 1. The third-order valence-electron chi connectivity index (χ3n) is 2.68. The van der Waals surface area contributed by atoms with Gasteiger partial charge in [-0.15, -0.1) is 11.3 Å². The lowest BCUT2D eigenvalue weighted by Crippen LogP contribution is -1.95. The fraction of sp³-hybridized carbons (Fsp3) is 0.0769. The lowest BCUT2D eigenvalue weighted by atomic mass is 10.2. The summed E-state index contributed by atoms with van der Waals surface area (Å²) in [7, 11) is 0. The highest BCUT2D eigenvalue weighted by atomic mass is 79.9. The number of hydrogen-bond donors (Lipinski definition) is 1. The van der Waals surface area contributed by atoms with E-state index in [0.717, 1.165) is 20.7 Å². The maximum absolute atomic E-state index is 5.23. The number of aryl methyl sites for hydroxylation is 1. The zero-order chi connectivity index (χ0) is 14.8. The smallest absolute Gasteiger partial charge is 0.216 e. The van der Waals surface area contributed by atoms with Gasteiger partial charge in [-0.05, 0) is 31.3 Å². The van der Waals surface area contributed by atoms with Gasteiger partial charge in [-0.1, -0.05) is 28.1 Å². The fourth-order valence-corrected chi connectivity index (χ4v) is 2.91. The number of nitrogens with one attached hydrogen (secondary N) is 1. The van der Waals surface area contributed by atoms with Gasteiger partial charge in [-0.3, -0.25) is 0 Å². The van der Waals surface area contributed by atoms with Gasteiger partial charge in [0.15, 0.2) is 5.82 Å². The molecule has 1 N–H and O–H groups in total. The van der Waals surface area contributed by atoms with Gasteiger partial charge < -0.3 is 0 Å². The van der Waals surface area contributed by atoms with Gasteiger partial charge in [-0.25, -0.2) is 10.1 Å². The number of hydrogen-bond acceptors (Lipinski definition) is 5. The van der Waals surface area contributed by atoms with Crippen LogP contribution in [-0.4, -0.2) is 26.1 Å². The molecule has 0 atom stereocenters. The van der Waals surface area contributed by atoms with Crippen molar-refractivity contribution in [3.63, 3.8) is 0 Å². The Labute approximate surface area is 138 Å². The third kappa shape index (κ3) is 3.17. The van der Waals surface area contributed by atoms with Crippen LogP contribution in [0, 0.1) is 11.7 Å². The van der Waals surface area contributed by atoms with Crippen LogP contribution in [0.1, 0.15) is 10.7 Å². The van der Waals surface area contributed by atoms with E-state index in [1.807, 2.05) is 36.6 Å². The molecule has 0 radical (unpaired) electrons. The molecule has 0 fully saturated rings. The highest BCUT2D eigenvalue weighted by Gasteiger charge is 2.08. The Hall–Kier alpha value is -1.64. The van der Waals surface area contributed by atoms with E-state index in [-0.39, 0.29) is 0 Å². The molecule has 0 saturated carbocycles. The highest BCUT2D eigenvalue weighted by Crippen LogP contribution is 2.21. The molecule has 0 aliphatic carbocycles. The largest absolute Gasteiger partial charge is 0.250 e. The Bertz CT molecular complexity index is 861. The Kier molecular flexibility index (Phi) is 4.09. The number of nitrogens with zero attached hydrogens (tertiary/aromatic N) is 4. The van der Waals surface area contributed by atoms with Crippen LogP contribution in [0.5, 0.6) is 0 Å². The molecule has 0 saturated heterocycles. The van der Waals surface area contributed by atoms with E-state index < -0.39 is 0 Å². The van der Waals surface area contributed by atoms with Gasteiger partial charge in [0.25, 0.3) is 0 Å². The van der Waals surface area contributed by atoms with Crippen molar-refractivity contribution in [2.24, 2.45) is 5.10 Å². The molecular formula is C13H10BrN5S2. The average molecular weight is 380 g/mol. The zero-order valence-corrected chi connectivity index (χ0v) is 14.2. The predicted molar refractivity (Wildman–Crippen MR) is 90.4 cm³/mol. The third-order valence-corrected chi connectivity index (χ3v) is 4.22. The number of aromatic nitrogens is 4. The molecule has 5 nitrogen and oxygen atoms in total. The van der Waals surface area contributed by atoms with E-state index in [1.165, 1.54) is 0 Å².